The highest BCUT2D eigenvalue weighted by molar-refractivity contribution is 7.16. The second-order valence-electron chi connectivity index (χ2n) is 6.15. The molecule has 1 unspecified atom stereocenters. The van der Waals surface area contributed by atoms with Crippen LogP contribution in [0.5, 0.6) is 0 Å². The minimum Gasteiger partial charge on any atom is -0.387 e. The maximum absolute atomic E-state index is 5.56. The SMILES string of the molecule is CC1=NOC(C)(CNc2nc(-c3ccccn3)nc3sccc23)C1. The van der Waals surface area contributed by atoms with E-state index in [-0.39, 0.29) is 5.60 Å². The third-order valence-corrected chi connectivity index (χ3v) is 4.71. The van der Waals surface area contributed by atoms with Crippen molar-refractivity contribution < 1.29 is 4.84 Å². The van der Waals surface area contributed by atoms with Crippen LogP contribution in [0.3, 0.4) is 0 Å². The number of aromatic nitrogens is 3. The Balaban J connectivity index is 1.66. The molecule has 0 saturated heterocycles. The van der Waals surface area contributed by atoms with Gasteiger partial charge in [-0.1, -0.05) is 11.2 Å². The smallest absolute Gasteiger partial charge is 0.181 e. The van der Waals surface area contributed by atoms with Crippen molar-refractivity contribution in [2.24, 2.45) is 5.16 Å². The summed E-state index contributed by atoms with van der Waals surface area (Å²) in [4.78, 5) is 20.2. The van der Waals surface area contributed by atoms with E-state index in [0.717, 1.165) is 33.9 Å². The molecule has 0 aromatic carbocycles. The fraction of sp³-hybridized carbons (Fsp3) is 0.294. The molecule has 0 bridgehead atoms. The quantitative estimate of drug-likeness (QED) is 0.784. The first kappa shape index (κ1) is 15.0. The summed E-state index contributed by atoms with van der Waals surface area (Å²) in [5.41, 5.74) is 1.43. The molecule has 0 radical (unpaired) electrons. The Kier molecular flexibility index (Phi) is 3.65. The van der Waals surface area contributed by atoms with Crippen molar-refractivity contribution in [3.8, 4) is 11.5 Å². The molecule has 4 rings (SSSR count). The Morgan fingerprint density at radius 3 is 2.96 bits per heavy atom. The predicted molar refractivity (Wildman–Crippen MR) is 96.4 cm³/mol. The summed E-state index contributed by atoms with van der Waals surface area (Å²) >= 11 is 1.60. The molecule has 0 aliphatic carbocycles. The zero-order valence-electron chi connectivity index (χ0n) is 13.5. The molecular weight excluding hydrogens is 322 g/mol. The Morgan fingerprint density at radius 2 is 2.21 bits per heavy atom. The van der Waals surface area contributed by atoms with Crippen molar-refractivity contribution in [1.29, 1.82) is 0 Å². The van der Waals surface area contributed by atoms with E-state index in [4.69, 9.17) is 4.84 Å². The number of oxime groups is 1. The number of nitrogens with zero attached hydrogens (tertiary/aromatic N) is 4. The molecule has 0 saturated carbocycles. The Hall–Kier alpha value is -2.54. The van der Waals surface area contributed by atoms with Crippen LogP contribution in [-0.2, 0) is 4.84 Å². The highest BCUT2D eigenvalue weighted by atomic mass is 32.1. The van der Waals surface area contributed by atoms with Crippen LogP contribution >= 0.6 is 11.3 Å². The fourth-order valence-corrected chi connectivity index (χ4v) is 3.52. The van der Waals surface area contributed by atoms with E-state index in [1.807, 2.05) is 43.5 Å². The molecule has 1 N–H and O–H groups in total. The van der Waals surface area contributed by atoms with Gasteiger partial charge in [0, 0.05) is 12.6 Å². The number of hydrogen-bond donors (Lipinski definition) is 1. The molecule has 24 heavy (non-hydrogen) atoms. The lowest BCUT2D eigenvalue weighted by molar-refractivity contribution is 0.00749. The number of pyridine rings is 1. The first-order chi connectivity index (χ1) is 11.6. The molecule has 6 nitrogen and oxygen atoms in total. The molecule has 1 atom stereocenters. The average Bonchev–Trinajstić information content (AvgIpc) is 3.20. The van der Waals surface area contributed by atoms with E-state index in [1.54, 1.807) is 17.5 Å². The van der Waals surface area contributed by atoms with Gasteiger partial charge < -0.3 is 10.2 Å². The van der Waals surface area contributed by atoms with Gasteiger partial charge in [-0.25, -0.2) is 9.97 Å². The fourth-order valence-electron chi connectivity index (χ4n) is 2.76. The second-order valence-corrected chi connectivity index (χ2v) is 7.04. The highest BCUT2D eigenvalue weighted by Crippen LogP contribution is 2.29. The van der Waals surface area contributed by atoms with Crippen molar-refractivity contribution in [1.82, 2.24) is 15.0 Å². The number of nitrogens with one attached hydrogen (secondary N) is 1. The number of hydrogen-bond acceptors (Lipinski definition) is 7. The standard InChI is InChI=1S/C17H17N5OS/c1-11-9-17(2,23-22-11)10-19-14-12-6-8-24-16(12)21-15(20-14)13-5-3-4-7-18-13/h3-8H,9-10H2,1-2H3,(H,19,20,21). The molecule has 7 heteroatoms. The zero-order chi connectivity index (χ0) is 16.6. The lowest BCUT2D eigenvalue weighted by atomic mass is 10.0. The molecule has 4 heterocycles. The number of anilines is 1. The van der Waals surface area contributed by atoms with Crippen LogP contribution in [0.4, 0.5) is 5.82 Å². The third-order valence-electron chi connectivity index (χ3n) is 3.90. The van der Waals surface area contributed by atoms with Crippen molar-refractivity contribution in [2.45, 2.75) is 25.9 Å². The second kappa shape index (κ2) is 5.83. The van der Waals surface area contributed by atoms with E-state index < -0.39 is 0 Å². The van der Waals surface area contributed by atoms with Gasteiger partial charge in [0.05, 0.1) is 17.6 Å². The Bertz CT molecular complexity index is 908. The summed E-state index contributed by atoms with van der Waals surface area (Å²) in [5, 5.41) is 10.5. The van der Waals surface area contributed by atoms with Gasteiger partial charge in [0.1, 0.15) is 16.3 Å². The van der Waals surface area contributed by atoms with Gasteiger partial charge in [0.25, 0.3) is 0 Å². The predicted octanol–water partition coefficient (Wildman–Crippen LogP) is 3.72. The van der Waals surface area contributed by atoms with Crippen molar-refractivity contribution >= 4 is 33.1 Å². The zero-order valence-corrected chi connectivity index (χ0v) is 14.3. The molecule has 3 aromatic rings. The molecule has 1 aliphatic heterocycles. The summed E-state index contributed by atoms with van der Waals surface area (Å²) in [6.45, 7) is 4.65. The van der Waals surface area contributed by atoms with Crippen LogP contribution in [0.2, 0.25) is 0 Å². The Morgan fingerprint density at radius 1 is 1.29 bits per heavy atom. The van der Waals surface area contributed by atoms with E-state index in [1.165, 1.54) is 0 Å². The van der Waals surface area contributed by atoms with Crippen LogP contribution < -0.4 is 5.32 Å². The summed E-state index contributed by atoms with van der Waals surface area (Å²) in [5.74, 6) is 1.43. The van der Waals surface area contributed by atoms with E-state index in [9.17, 15) is 0 Å². The summed E-state index contributed by atoms with van der Waals surface area (Å²) in [7, 11) is 0. The summed E-state index contributed by atoms with van der Waals surface area (Å²) < 4.78 is 0. The maximum atomic E-state index is 5.56. The van der Waals surface area contributed by atoms with Gasteiger partial charge in [-0.15, -0.1) is 11.3 Å². The Labute approximate surface area is 143 Å². The van der Waals surface area contributed by atoms with Crippen LogP contribution in [0, 0.1) is 0 Å². The molecule has 0 spiro atoms. The van der Waals surface area contributed by atoms with E-state index >= 15 is 0 Å². The lowest BCUT2D eigenvalue weighted by Crippen LogP contribution is -2.33. The topological polar surface area (TPSA) is 72.3 Å². The highest BCUT2D eigenvalue weighted by Gasteiger charge is 2.32. The molecule has 3 aromatic heterocycles. The molecular formula is C17H17N5OS. The lowest BCUT2D eigenvalue weighted by Gasteiger charge is -2.22. The number of thiophene rings is 1. The van der Waals surface area contributed by atoms with Gasteiger partial charge in [0.15, 0.2) is 11.4 Å². The van der Waals surface area contributed by atoms with Crippen LogP contribution in [0.25, 0.3) is 21.7 Å². The van der Waals surface area contributed by atoms with Gasteiger partial charge in [-0.3, -0.25) is 4.98 Å². The normalized spacial score (nSPS) is 20.0. The van der Waals surface area contributed by atoms with Crippen molar-refractivity contribution in [2.75, 3.05) is 11.9 Å². The monoisotopic (exact) mass is 339 g/mol. The van der Waals surface area contributed by atoms with Gasteiger partial charge in [0.2, 0.25) is 0 Å². The molecule has 0 fully saturated rings. The van der Waals surface area contributed by atoms with E-state index in [0.29, 0.717) is 12.4 Å². The van der Waals surface area contributed by atoms with E-state index in [2.05, 4.69) is 25.4 Å². The van der Waals surface area contributed by atoms with Crippen LogP contribution in [0.1, 0.15) is 20.3 Å². The van der Waals surface area contributed by atoms with Gasteiger partial charge >= 0.3 is 0 Å². The number of fused-ring (bicyclic) bond motifs is 1. The minimum absolute atomic E-state index is 0.345. The molecule has 0 amide bonds. The van der Waals surface area contributed by atoms with Crippen LogP contribution in [0.15, 0.2) is 41.0 Å². The third kappa shape index (κ3) is 2.82. The molecule has 122 valence electrons. The summed E-state index contributed by atoms with van der Waals surface area (Å²) in [6.07, 6.45) is 2.56. The van der Waals surface area contributed by atoms with Crippen molar-refractivity contribution in [3.05, 3.63) is 35.8 Å². The van der Waals surface area contributed by atoms with Gasteiger partial charge in [-0.05, 0) is 37.4 Å². The largest absolute Gasteiger partial charge is 0.387 e. The van der Waals surface area contributed by atoms with Crippen molar-refractivity contribution in [3.63, 3.8) is 0 Å². The molecule has 1 aliphatic rings. The first-order valence-corrected chi connectivity index (χ1v) is 8.63. The maximum Gasteiger partial charge on any atom is 0.181 e. The van der Waals surface area contributed by atoms with Crippen LogP contribution in [-0.4, -0.2) is 32.8 Å². The first-order valence-electron chi connectivity index (χ1n) is 7.75. The average molecular weight is 339 g/mol. The summed E-state index contributed by atoms with van der Waals surface area (Å²) in [6, 6.07) is 7.76. The van der Waals surface area contributed by atoms with Gasteiger partial charge in [-0.2, -0.15) is 0 Å². The number of rotatable bonds is 4. The minimum atomic E-state index is -0.345.